The van der Waals surface area contributed by atoms with Crippen molar-refractivity contribution in [3.63, 3.8) is 0 Å². The van der Waals surface area contributed by atoms with Crippen molar-refractivity contribution in [1.82, 2.24) is 5.32 Å². The summed E-state index contributed by atoms with van der Waals surface area (Å²) < 4.78 is 15.5. The van der Waals surface area contributed by atoms with Gasteiger partial charge in [-0.25, -0.2) is 4.39 Å². The molecular formula is C25H27ClFN5O. The number of nitrogens with one attached hydrogen (secondary N) is 3. The van der Waals surface area contributed by atoms with Gasteiger partial charge in [0.2, 0.25) is 5.91 Å². The zero-order valence-electron chi connectivity index (χ0n) is 18.5. The molecule has 0 unspecified atom stereocenters. The van der Waals surface area contributed by atoms with Crippen LogP contribution in [-0.2, 0) is 17.8 Å². The first-order valence-corrected chi connectivity index (χ1v) is 10.9. The van der Waals surface area contributed by atoms with Crippen molar-refractivity contribution >= 4 is 34.7 Å². The average Bonchev–Trinajstić information content (AvgIpc) is 2.75. The zero-order valence-corrected chi connectivity index (χ0v) is 19.3. The second-order valence-corrected chi connectivity index (χ2v) is 8.47. The Hall–Kier alpha value is -3.58. The molecule has 0 bridgehead atoms. The maximum atomic E-state index is 15.5. The molecule has 3 aromatic carbocycles. The predicted octanol–water partition coefficient (Wildman–Crippen LogP) is 4.69. The Morgan fingerprint density at radius 3 is 2.45 bits per heavy atom. The lowest BCUT2D eigenvalue weighted by atomic mass is 9.95. The summed E-state index contributed by atoms with van der Waals surface area (Å²) in [4.78, 5) is 12.8. The van der Waals surface area contributed by atoms with Gasteiger partial charge in [-0.3, -0.25) is 10.2 Å². The van der Waals surface area contributed by atoms with Gasteiger partial charge in [0, 0.05) is 35.0 Å². The molecule has 0 heterocycles. The van der Waals surface area contributed by atoms with Crippen LogP contribution in [0.5, 0.6) is 0 Å². The number of hydrogen-bond acceptors (Lipinski definition) is 4. The highest BCUT2D eigenvalue weighted by Crippen LogP contribution is 2.38. The Kier molecular flexibility index (Phi) is 7.55. The number of amidine groups is 1. The molecule has 0 atom stereocenters. The van der Waals surface area contributed by atoms with E-state index in [1.807, 2.05) is 13.8 Å². The molecule has 8 heteroatoms. The fraction of sp³-hybridized carbons (Fsp3) is 0.200. The minimum absolute atomic E-state index is 0.0200. The van der Waals surface area contributed by atoms with Crippen molar-refractivity contribution in [2.24, 2.45) is 5.73 Å². The van der Waals surface area contributed by atoms with Crippen LogP contribution in [0.4, 0.5) is 15.8 Å². The molecule has 0 fully saturated rings. The first kappa shape index (κ1) is 24.1. The number of rotatable bonds is 8. The van der Waals surface area contributed by atoms with E-state index in [1.54, 1.807) is 48.5 Å². The molecule has 172 valence electrons. The largest absolute Gasteiger partial charge is 0.399 e. The summed E-state index contributed by atoms with van der Waals surface area (Å²) in [6.07, 6.45) is -0.200. The molecule has 0 radical (unpaired) electrons. The van der Waals surface area contributed by atoms with E-state index in [-0.39, 0.29) is 42.0 Å². The van der Waals surface area contributed by atoms with Gasteiger partial charge in [-0.2, -0.15) is 0 Å². The molecule has 33 heavy (non-hydrogen) atoms. The fourth-order valence-corrected chi connectivity index (χ4v) is 3.83. The summed E-state index contributed by atoms with van der Waals surface area (Å²) in [6, 6.07) is 15.5. The summed E-state index contributed by atoms with van der Waals surface area (Å²) in [6.45, 7) is 4.04. The Morgan fingerprint density at radius 2 is 1.85 bits per heavy atom. The molecule has 0 aliphatic rings. The molecule has 0 saturated carbocycles. The first-order chi connectivity index (χ1) is 15.7. The van der Waals surface area contributed by atoms with Gasteiger partial charge < -0.3 is 22.1 Å². The smallest absolute Gasteiger partial charge is 0.224 e. The van der Waals surface area contributed by atoms with Crippen molar-refractivity contribution in [3.05, 3.63) is 82.1 Å². The monoisotopic (exact) mass is 467 g/mol. The van der Waals surface area contributed by atoms with E-state index >= 15 is 4.39 Å². The Bertz CT molecular complexity index is 1180. The lowest BCUT2D eigenvalue weighted by Gasteiger charge is -2.19. The highest BCUT2D eigenvalue weighted by Gasteiger charge is 2.21. The van der Waals surface area contributed by atoms with Crippen LogP contribution in [0.25, 0.3) is 11.1 Å². The Labute approximate surface area is 197 Å². The van der Waals surface area contributed by atoms with E-state index in [1.165, 1.54) is 6.07 Å². The normalized spacial score (nSPS) is 10.8. The van der Waals surface area contributed by atoms with E-state index in [9.17, 15) is 4.79 Å². The number of nitrogen functional groups attached to an aromatic ring is 2. The lowest BCUT2D eigenvalue weighted by molar-refractivity contribution is -0.120. The zero-order chi connectivity index (χ0) is 24.1. The third-order valence-electron chi connectivity index (χ3n) is 5.02. The van der Waals surface area contributed by atoms with Gasteiger partial charge in [-0.1, -0.05) is 48.0 Å². The van der Waals surface area contributed by atoms with E-state index in [0.717, 1.165) is 5.56 Å². The van der Waals surface area contributed by atoms with E-state index < -0.39 is 5.82 Å². The molecule has 0 aliphatic carbocycles. The molecule has 3 rings (SSSR count). The second kappa shape index (κ2) is 10.4. The summed E-state index contributed by atoms with van der Waals surface area (Å²) in [7, 11) is 0. The Morgan fingerprint density at radius 1 is 1.15 bits per heavy atom. The van der Waals surface area contributed by atoms with Gasteiger partial charge in [-0.15, -0.1) is 0 Å². The van der Waals surface area contributed by atoms with Crippen molar-refractivity contribution in [1.29, 1.82) is 5.41 Å². The number of halogens is 2. The summed E-state index contributed by atoms with van der Waals surface area (Å²) in [5.41, 5.74) is 14.8. The third-order valence-corrected chi connectivity index (χ3v) is 5.32. The molecule has 0 aromatic heterocycles. The highest BCUT2D eigenvalue weighted by molar-refractivity contribution is 6.34. The quantitative estimate of drug-likeness (QED) is 0.187. The number of carbonyl (C=O) groups is 1. The standard InChI is InChI=1S/C25H27ClFN5O/c1-14(2)32-21-12-20(26)23(17-4-3-5-18(28)10-17)19(24(21)27)11-22(33)31-13-15-6-8-16(9-7-15)25(29)30/h3-10,12,14,32H,11,13,28H2,1-2H3,(H3,29,30)(H,31,33). The van der Waals surface area contributed by atoms with Gasteiger partial charge in [0.15, 0.2) is 5.82 Å². The number of carbonyl (C=O) groups excluding carboxylic acids is 1. The SMILES string of the molecule is CC(C)Nc1cc(Cl)c(-c2cccc(N)c2)c(CC(=O)NCc2ccc(C(=N)N)cc2)c1F. The molecular weight excluding hydrogens is 441 g/mol. The predicted molar refractivity (Wildman–Crippen MR) is 133 cm³/mol. The topological polar surface area (TPSA) is 117 Å². The molecule has 7 N–H and O–H groups in total. The fourth-order valence-electron chi connectivity index (χ4n) is 3.49. The van der Waals surface area contributed by atoms with Crippen LogP contribution in [0, 0.1) is 11.2 Å². The molecule has 3 aromatic rings. The van der Waals surface area contributed by atoms with Crippen LogP contribution in [0.15, 0.2) is 54.6 Å². The number of nitrogens with two attached hydrogens (primary N) is 2. The molecule has 0 spiro atoms. The van der Waals surface area contributed by atoms with E-state index in [4.69, 9.17) is 28.5 Å². The van der Waals surface area contributed by atoms with Gasteiger partial charge in [0.1, 0.15) is 5.84 Å². The summed E-state index contributed by atoms with van der Waals surface area (Å²) >= 11 is 6.57. The number of hydrogen-bond donors (Lipinski definition) is 5. The van der Waals surface area contributed by atoms with Crippen LogP contribution in [0.3, 0.4) is 0 Å². The van der Waals surface area contributed by atoms with Crippen LogP contribution >= 0.6 is 11.6 Å². The second-order valence-electron chi connectivity index (χ2n) is 8.06. The molecule has 0 aliphatic heterocycles. The molecule has 0 saturated heterocycles. The number of benzene rings is 3. The van der Waals surface area contributed by atoms with Crippen LogP contribution in [0.1, 0.15) is 30.5 Å². The van der Waals surface area contributed by atoms with E-state index in [0.29, 0.717) is 27.4 Å². The van der Waals surface area contributed by atoms with Crippen molar-refractivity contribution < 1.29 is 9.18 Å². The maximum Gasteiger partial charge on any atom is 0.224 e. The van der Waals surface area contributed by atoms with E-state index in [2.05, 4.69) is 10.6 Å². The number of amides is 1. The van der Waals surface area contributed by atoms with Crippen LogP contribution in [-0.4, -0.2) is 17.8 Å². The van der Waals surface area contributed by atoms with Gasteiger partial charge in [0.05, 0.1) is 17.1 Å². The molecule has 6 nitrogen and oxygen atoms in total. The van der Waals surface area contributed by atoms with Gasteiger partial charge >= 0.3 is 0 Å². The average molecular weight is 468 g/mol. The molecule has 1 amide bonds. The van der Waals surface area contributed by atoms with Crippen molar-refractivity contribution in [2.45, 2.75) is 32.9 Å². The third kappa shape index (κ3) is 6.02. The van der Waals surface area contributed by atoms with Crippen LogP contribution in [0.2, 0.25) is 5.02 Å². The maximum absolute atomic E-state index is 15.5. The summed E-state index contributed by atoms with van der Waals surface area (Å²) in [5, 5.41) is 13.6. The highest BCUT2D eigenvalue weighted by atomic mass is 35.5. The van der Waals surface area contributed by atoms with Crippen molar-refractivity contribution in [3.8, 4) is 11.1 Å². The number of anilines is 2. The van der Waals surface area contributed by atoms with Crippen LogP contribution < -0.4 is 22.1 Å². The van der Waals surface area contributed by atoms with Gasteiger partial charge in [-0.05, 0) is 43.2 Å². The minimum Gasteiger partial charge on any atom is -0.399 e. The minimum atomic E-state index is -0.522. The van der Waals surface area contributed by atoms with Crippen molar-refractivity contribution in [2.75, 3.05) is 11.1 Å². The Balaban J connectivity index is 1.89. The van der Waals surface area contributed by atoms with Gasteiger partial charge in [0.25, 0.3) is 0 Å². The summed E-state index contributed by atoms with van der Waals surface area (Å²) in [5.74, 6) is -0.902. The lowest BCUT2D eigenvalue weighted by Crippen LogP contribution is -2.25. The first-order valence-electron chi connectivity index (χ1n) is 10.5.